The van der Waals surface area contributed by atoms with Crippen LogP contribution in [0.5, 0.6) is 17.2 Å². The number of carbonyl (C=O) groups is 1. The number of hydrogen-bond acceptors (Lipinski definition) is 6. The molecule has 0 fully saturated rings. The number of nitrogens with one attached hydrogen (secondary N) is 1. The van der Waals surface area contributed by atoms with E-state index in [1.54, 1.807) is 30.7 Å². The molecule has 7 heteroatoms. The Kier molecular flexibility index (Phi) is 6.06. The number of nitrogens with zero attached hydrogens (tertiary/aromatic N) is 2. The van der Waals surface area contributed by atoms with Gasteiger partial charge in [0.1, 0.15) is 0 Å². The minimum absolute atomic E-state index is 0.264. The molecule has 0 aliphatic heterocycles. The van der Waals surface area contributed by atoms with Crippen molar-refractivity contribution in [2.24, 2.45) is 0 Å². The van der Waals surface area contributed by atoms with Gasteiger partial charge in [0.25, 0.3) is 5.91 Å². The summed E-state index contributed by atoms with van der Waals surface area (Å²) in [4.78, 5) is 21.3. The van der Waals surface area contributed by atoms with Crippen molar-refractivity contribution in [2.75, 3.05) is 21.3 Å². The molecule has 3 rings (SSSR count). The third-order valence-corrected chi connectivity index (χ3v) is 4.19. The Hall–Kier alpha value is -3.61. The monoisotopic (exact) mass is 379 g/mol. The Bertz CT molecular complexity index is 936. The van der Waals surface area contributed by atoms with Crippen molar-refractivity contribution < 1.29 is 19.0 Å². The van der Waals surface area contributed by atoms with Crippen LogP contribution in [0.3, 0.4) is 0 Å². The van der Waals surface area contributed by atoms with Crippen LogP contribution in [-0.4, -0.2) is 37.2 Å². The van der Waals surface area contributed by atoms with Gasteiger partial charge >= 0.3 is 0 Å². The number of amides is 1. The number of ether oxygens (including phenoxy) is 3. The van der Waals surface area contributed by atoms with Crippen molar-refractivity contribution in [3.8, 4) is 28.5 Å². The van der Waals surface area contributed by atoms with Crippen molar-refractivity contribution in [2.45, 2.75) is 6.54 Å². The van der Waals surface area contributed by atoms with Gasteiger partial charge in [0.05, 0.1) is 27.0 Å². The summed E-state index contributed by atoms with van der Waals surface area (Å²) in [7, 11) is 4.53. The molecular formula is C21H21N3O4. The molecule has 3 aromatic rings. The zero-order valence-corrected chi connectivity index (χ0v) is 15.9. The smallest absolute Gasteiger partial charge is 0.251 e. The maximum absolute atomic E-state index is 12.7. The first kappa shape index (κ1) is 19.2. The van der Waals surface area contributed by atoms with E-state index in [0.717, 1.165) is 16.8 Å². The molecular weight excluding hydrogens is 358 g/mol. The number of carbonyl (C=O) groups excluding carboxylic acids is 1. The summed E-state index contributed by atoms with van der Waals surface area (Å²) in [6, 6.07) is 10.8. The van der Waals surface area contributed by atoms with Crippen molar-refractivity contribution in [3.05, 3.63) is 66.1 Å². The molecule has 2 aromatic heterocycles. The fourth-order valence-electron chi connectivity index (χ4n) is 2.83. The van der Waals surface area contributed by atoms with Gasteiger partial charge in [-0.1, -0.05) is 6.07 Å². The van der Waals surface area contributed by atoms with Gasteiger partial charge in [-0.2, -0.15) is 0 Å². The predicted molar refractivity (Wildman–Crippen MR) is 105 cm³/mol. The summed E-state index contributed by atoms with van der Waals surface area (Å²) in [6.45, 7) is 0.313. The van der Waals surface area contributed by atoms with Crippen molar-refractivity contribution >= 4 is 5.91 Å². The number of benzene rings is 1. The number of hydrogen-bond donors (Lipinski definition) is 1. The van der Waals surface area contributed by atoms with Gasteiger partial charge in [0, 0.05) is 36.3 Å². The number of rotatable bonds is 7. The topological polar surface area (TPSA) is 82.6 Å². The summed E-state index contributed by atoms with van der Waals surface area (Å²) in [5.74, 6) is 1.02. The summed E-state index contributed by atoms with van der Waals surface area (Å²) < 4.78 is 15.9. The third-order valence-electron chi connectivity index (χ3n) is 4.19. The van der Waals surface area contributed by atoms with Crippen LogP contribution in [0, 0.1) is 0 Å². The van der Waals surface area contributed by atoms with Gasteiger partial charge in [-0.15, -0.1) is 0 Å². The first-order chi connectivity index (χ1) is 13.7. The number of pyridine rings is 2. The van der Waals surface area contributed by atoms with Crippen LogP contribution >= 0.6 is 0 Å². The molecule has 0 bridgehead atoms. The summed E-state index contributed by atoms with van der Waals surface area (Å²) >= 11 is 0. The van der Waals surface area contributed by atoms with Crippen molar-refractivity contribution in [1.82, 2.24) is 15.3 Å². The van der Waals surface area contributed by atoms with Crippen molar-refractivity contribution in [3.63, 3.8) is 0 Å². The lowest BCUT2D eigenvalue weighted by molar-refractivity contribution is 0.0950. The molecule has 0 spiro atoms. The molecule has 0 aliphatic rings. The molecule has 0 radical (unpaired) electrons. The molecule has 7 nitrogen and oxygen atoms in total. The lowest BCUT2D eigenvalue weighted by atomic mass is 10.1. The standard InChI is InChI=1S/C21H21N3O4/c1-26-17-10-16(11-18(27-2)20(17)28-3)21(25)24-13-15-7-5-9-23-19(15)14-6-4-8-22-12-14/h4-12H,13H2,1-3H3,(H,24,25). The average molecular weight is 379 g/mol. The Morgan fingerprint density at radius 3 is 2.32 bits per heavy atom. The lowest BCUT2D eigenvalue weighted by Crippen LogP contribution is -2.23. The molecule has 0 unspecified atom stereocenters. The lowest BCUT2D eigenvalue weighted by Gasteiger charge is -2.14. The quantitative estimate of drug-likeness (QED) is 0.679. The maximum Gasteiger partial charge on any atom is 0.251 e. The van der Waals surface area contributed by atoms with Gasteiger partial charge in [0.2, 0.25) is 5.75 Å². The molecule has 144 valence electrons. The minimum Gasteiger partial charge on any atom is -0.493 e. The number of methoxy groups -OCH3 is 3. The largest absolute Gasteiger partial charge is 0.493 e. The molecule has 2 heterocycles. The predicted octanol–water partition coefficient (Wildman–Crippen LogP) is 3.10. The SMILES string of the molecule is COc1cc(C(=O)NCc2cccnc2-c2cccnc2)cc(OC)c1OC. The van der Waals surface area contributed by atoms with Gasteiger partial charge < -0.3 is 19.5 Å². The average Bonchev–Trinajstić information content (AvgIpc) is 2.77. The van der Waals surface area contributed by atoms with E-state index in [1.165, 1.54) is 21.3 Å². The van der Waals surface area contributed by atoms with Crippen LogP contribution in [0.1, 0.15) is 15.9 Å². The van der Waals surface area contributed by atoms with Crippen LogP contribution in [0.2, 0.25) is 0 Å². The molecule has 1 amide bonds. The van der Waals surface area contributed by atoms with Crippen LogP contribution in [0.15, 0.2) is 55.0 Å². The highest BCUT2D eigenvalue weighted by Crippen LogP contribution is 2.38. The van der Waals surface area contributed by atoms with E-state index in [-0.39, 0.29) is 5.91 Å². The van der Waals surface area contributed by atoms with E-state index in [2.05, 4.69) is 15.3 Å². The first-order valence-electron chi connectivity index (χ1n) is 8.60. The highest BCUT2D eigenvalue weighted by molar-refractivity contribution is 5.95. The Morgan fingerprint density at radius 1 is 1.00 bits per heavy atom. The van der Waals surface area contributed by atoms with Crippen LogP contribution in [0.4, 0.5) is 0 Å². The fraction of sp³-hybridized carbons (Fsp3) is 0.190. The summed E-state index contributed by atoms with van der Waals surface area (Å²) in [6.07, 6.45) is 5.16. The second-order valence-electron chi connectivity index (χ2n) is 5.85. The third kappa shape index (κ3) is 4.03. The first-order valence-corrected chi connectivity index (χ1v) is 8.60. The molecule has 1 N–H and O–H groups in total. The normalized spacial score (nSPS) is 10.2. The molecule has 0 atom stereocenters. The van der Waals surface area contributed by atoms with E-state index < -0.39 is 0 Å². The van der Waals surface area contributed by atoms with E-state index >= 15 is 0 Å². The fourth-order valence-corrected chi connectivity index (χ4v) is 2.83. The molecule has 0 aliphatic carbocycles. The zero-order valence-electron chi connectivity index (χ0n) is 15.9. The highest BCUT2D eigenvalue weighted by atomic mass is 16.5. The van der Waals surface area contributed by atoms with Gasteiger partial charge in [-0.3, -0.25) is 14.8 Å². The highest BCUT2D eigenvalue weighted by Gasteiger charge is 2.17. The van der Waals surface area contributed by atoms with Crippen molar-refractivity contribution in [1.29, 1.82) is 0 Å². The van der Waals surface area contributed by atoms with E-state index in [9.17, 15) is 4.79 Å². The second kappa shape index (κ2) is 8.85. The van der Waals surface area contributed by atoms with E-state index in [0.29, 0.717) is 29.4 Å². The van der Waals surface area contributed by atoms with Crippen LogP contribution in [-0.2, 0) is 6.54 Å². The Morgan fingerprint density at radius 2 is 1.71 bits per heavy atom. The van der Waals surface area contributed by atoms with Gasteiger partial charge in [-0.05, 0) is 35.9 Å². The summed E-state index contributed by atoms with van der Waals surface area (Å²) in [5, 5.41) is 2.91. The van der Waals surface area contributed by atoms with Gasteiger partial charge in [0.15, 0.2) is 11.5 Å². The molecule has 0 saturated carbocycles. The maximum atomic E-state index is 12.7. The van der Waals surface area contributed by atoms with Gasteiger partial charge in [-0.25, -0.2) is 0 Å². The molecule has 0 saturated heterocycles. The molecule has 1 aromatic carbocycles. The van der Waals surface area contributed by atoms with E-state index in [1.807, 2.05) is 24.3 Å². The van der Waals surface area contributed by atoms with E-state index in [4.69, 9.17) is 14.2 Å². The minimum atomic E-state index is -0.264. The number of aromatic nitrogens is 2. The second-order valence-corrected chi connectivity index (χ2v) is 5.85. The Labute approximate surface area is 163 Å². The Balaban J connectivity index is 1.82. The molecule has 28 heavy (non-hydrogen) atoms. The zero-order chi connectivity index (χ0) is 19.9. The summed E-state index contributed by atoms with van der Waals surface area (Å²) in [5.41, 5.74) is 2.96. The van der Waals surface area contributed by atoms with Crippen LogP contribution < -0.4 is 19.5 Å². The van der Waals surface area contributed by atoms with Crippen LogP contribution in [0.25, 0.3) is 11.3 Å².